The Bertz CT molecular complexity index is 1700. The number of amides is 1. The number of thiophene rings is 1. The van der Waals surface area contributed by atoms with E-state index in [1.54, 1.807) is 36.6 Å². The molecule has 0 unspecified atom stereocenters. The number of rotatable bonds is 6. The lowest BCUT2D eigenvalue weighted by molar-refractivity contribution is 0.0520. The van der Waals surface area contributed by atoms with Crippen molar-refractivity contribution >= 4 is 49.8 Å². The van der Waals surface area contributed by atoms with Crippen molar-refractivity contribution in [2.24, 2.45) is 0 Å². The van der Waals surface area contributed by atoms with Gasteiger partial charge in [-0.05, 0) is 53.4 Å². The molecule has 5 rings (SSSR count). The summed E-state index contributed by atoms with van der Waals surface area (Å²) in [6.45, 7) is 6.04. The zero-order chi connectivity index (χ0) is 26.1. The van der Waals surface area contributed by atoms with E-state index in [2.05, 4.69) is 24.3 Å². The van der Waals surface area contributed by atoms with Gasteiger partial charge in [-0.3, -0.25) is 9.59 Å². The summed E-state index contributed by atoms with van der Waals surface area (Å²) in [5, 5.41) is 11.8. The van der Waals surface area contributed by atoms with Crippen LogP contribution in [0.4, 0.5) is 5.00 Å². The number of aromatic nitrogens is 2. The van der Waals surface area contributed by atoms with E-state index in [-0.39, 0.29) is 23.6 Å². The summed E-state index contributed by atoms with van der Waals surface area (Å²) < 4.78 is 6.41. The zero-order valence-electron chi connectivity index (χ0n) is 20.6. The van der Waals surface area contributed by atoms with Crippen LogP contribution in [0.5, 0.6) is 0 Å². The molecule has 1 amide bonds. The molecule has 8 heteroatoms. The number of carbonyl (C=O) groups is 2. The number of carbonyl (C=O) groups excluding carboxylic acids is 2. The molecule has 0 saturated carbocycles. The summed E-state index contributed by atoms with van der Waals surface area (Å²) in [6, 6.07) is 20.6. The van der Waals surface area contributed by atoms with Gasteiger partial charge in [0.1, 0.15) is 5.00 Å². The van der Waals surface area contributed by atoms with Gasteiger partial charge in [0.05, 0.1) is 17.7 Å². The van der Waals surface area contributed by atoms with Gasteiger partial charge in [0.25, 0.3) is 11.5 Å². The van der Waals surface area contributed by atoms with Gasteiger partial charge in [-0.2, -0.15) is 9.78 Å². The average Bonchev–Trinajstić information content (AvgIpc) is 3.32. The van der Waals surface area contributed by atoms with Crippen molar-refractivity contribution in [3.63, 3.8) is 0 Å². The molecule has 0 atom stereocenters. The van der Waals surface area contributed by atoms with Crippen molar-refractivity contribution in [2.75, 3.05) is 11.9 Å². The minimum absolute atomic E-state index is 0.0202. The first kappa shape index (κ1) is 24.4. The molecule has 3 aromatic carbocycles. The number of anilines is 1. The van der Waals surface area contributed by atoms with Crippen molar-refractivity contribution in [1.82, 2.24) is 9.78 Å². The van der Waals surface area contributed by atoms with Crippen LogP contribution in [0, 0.1) is 0 Å². The molecule has 0 radical (unpaired) electrons. The van der Waals surface area contributed by atoms with Crippen LogP contribution in [-0.2, 0) is 4.74 Å². The number of fused-ring (bicyclic) bond motifs is 2. The minimum atomic E-state index is -0.634. The Labute approximate surface area is 217 Å². The van der Waals surface area contributed by atoms with Crippen LogP contribution in [0.25, 0.3) is 27.2 Å². The average molecular weight is 512 g/mol. The standard InChI is InChI=1S/C29H25N3O4S/c1-4-36-29(35)25-23-16-37-27(30-26(33)21-10-9-19-7-5-6-8-20(19)15-21)24(23)28(34)32(31-25)22-13-11-18(12-14-22)17(2)3/h5-17H,4H2,1-3H3,(H,30,33). The zero-order valence-corrected chi connectivity index (χ0v) is 21.5. The quantitative estimate of drug-likeness (QED) is 0.276. The Morgan fingerprint density at radius 3 is 2.46 bits per heavy atom. The Balaban J connectivity index is 1.61. The highest BCUT2D eigenvalue weighted by Crippen LogP contribution is 2.31. The van der Waals surface area contributed by atoms with Crippen LogP contribution >= 0.6 is 11.3 Å². The topological polar surface area (TPSA) is 90.3 Å². The van der Waals surface area contributed by atoms with E-state index in [4.69, 9.17) is 4.74 Å². The van der Waals surface area contributed by atoms with Crippen LogP contribution in [-0.4, -0.2) is 28.3 Å². The molecule has 0 bridgehead atoms. The number of nitrogens with zero attached hydrogens (tertiary/aromatic N) is 2. The van der Waals surface area contributed by atoms with Crippen molar-refractivity contribution < 1.29 is 14.3 Å². The van der Waals surface area contributed by atoms with Gasteiger partial charge in [-0.15, -0.1) is 11.3 Å². The monoisotopic (exact) mass is 511 g/mol. The van der Waals surface area contributed by atoms with E-state index in [1.165, 1.54) is 16.0 Å². The van der Waals surface area contributed by atoms with Gasteiger partial charge < -0.3 is 10.1 Å². The van der Waals surface area contributed by atoms with Gasteiger partial charge in [0.2, 0.25) is 0 Å². The third kappa shape index (κ3) is 4.63. The van der Waals surface area contributed by atoms with E-state index in [0.717, 1.165) is 16.3 Å². The van der Waals surface area contributed by atoms with Crippen molar-refractivity contribution in [3.8, 4) is 5.69 Å². The fraction of sp³-hybridized carbons (Fsp3) is 0.172. The number of hydrogen-bond acceptors (Lipinski definition) is 6. The molecule has 5 aromatic rings. The van der Waals surface area contributed by atoms with E-state index in [9.17, 15) is 14.4 Å². The number of benzene rings is 3. The lowest BCUT2D eigenvalue weighted by Gasteiger charge is -2.11. The first-order chi connectivity index (χ1) is 17.9. The van der Waals surface area contributed by atoms with Crippen molar-refractivity contribution in [3.05, 3.63) is 99.3 Å². The van der Waals surface area contributed by atoms with Gasteiger partial charge in [-0.25, -0.2) is 4.79 Å². The maximum atomic E-state index is 13.7. The van der Waals surface area contributed by atoms with Crippen LogP contribution in [0.2, 0.25) is 0 Å². The highest BCUT2D eigenvalue weighted by atomic mass is 32.1. The van der Waals surface area contributed by atoms with E-state index in [1.807, 2.05) is 42.5 Å². The summed E-state index contributed by atoms with van der Waals surface area (Å²) in [4.78, 5) is 39.6. The Morgan fingerprint density at radius 1 is 1.03 bits per heavy atom. The second-order valence-electron chi connectivity index (χ2n) is 8.90. The van der Waals surface area contributed by atoms with Gasteiger partial charge in [-0.1, -0.05) is 56.3 Å². The Kier molecular flexibility index (Phi) is 6.58. The van der Waals surface area contributed by atoms with Crippen molar-refractivity contribution in [1.29, 1.82) is 0 Å². The molecule has 2 aromatic heterocycles. The molecular weight excluding hydrogens is 486 g/mol. The maximum absolute atomic E-state index is 13.7. The molecular formula is C29H25N3O4S. The summed E-state index contributed by atoms with van der Waals surface area (Å²) in [7, 11) is 0. The summed E-state index contributed by atoms with van der Waals surface area (Å²) in [5.74, 6) is -0.661. The van der Waals surface area contributed by atoms with Crippen LogP contribution in [0.3, 0.4) is 0 Å². The molecule has 0 aliphatic heterocycles. The number of ether oxygens (including phenoxy) is 1. The van der Waals surface area contributed by atoms with E-state index < -0.39 is 11.5 Å². The lowest BCUT2D eigenvalue weighted by atomic mass is 10.0. The molecule has 0 aliphatic carbocycles. The van der Waals surface area contributed by atoms with Crippen LogP contribution < -0.4 is 10.9 Å². The molecule has 7 nitrogen and oxygen atoms in total. The minimum Gasteiger partial charge on any atom is -0.461 e. The largest absolute Gasteiger partial charge is 0.461 e. The molecule has 0 aliphatic rings. The van der Waals surface area contributed by atoms with Gasteiger partial charge in [0, 0.05) is 16.3 Å². The Hall–Kier alpha value is -4.30. The fourth-order valence-electron chi connectivity index (χ4n) is 4.17. The predicted molar refractivity (Wildman–Crippen MR) is 147 cm³/mol. The summed E-state index contributed by atoms with van der Waals surface area (Å²) in [5.41, 5.74) is 1.67. The number of hydrogen-bond donors (Lipinski definition) is 1. The first-order valence-corrected chi connectivity index (χ1v) is 12.9. The van der Waals surface area contributed by atoms with Crippen molar-refractivity contribution in [2.45, 2.75) is 26.7 Å². The van der Waals surface area contributed by atoms with Gasteiger partial charge in [0.15, 0.2) is 5.69 Å². The Morgan fingerprint density at radius 2 is 1.76 bits per heavy atom. The number of esters is 1. The number of nitrogens with one attached hydrogen (secondary N) is 1. The smallest absolute Gasteiger partial charge is 0.359 e. The SMILES string of the molecule is CCOC(=O)c1nn(-c2ccc(C(C)C)cc2)c(=O)c2c(NC(=O)c3ccc4ccccc4c3)scc12. The predicted octanol–water partition coefficient (Wildman–Crippen LogP) is 6.15. The molecule has 0 spiro atoms. The van der Waals surface area contributed by atoms with Crippen LogP contribution in [0.1, 0.15) is 53.1 Å². The molecule has 37 heavy (non-hydrogen) atoms. The molecule has 186 valence electrons. The first-order valence-electron chi connectivity index (χ1n) is 12.0. The second-order valence-corrected chi connectivity index (χ2v) is 9.78. The normalized spacial score (nSPS) is 11.2. The molecule has 2 heterocycles. The molecule has 1 N–H and O–H groups in total. The van der Waals surface area contributed by atoms with Crippen LogP contribution in [0.15, 0.2) is 76.9 Å². The maximum Gasteiger partial charge on any atom is 0.359 e. The fourth-order valence-corrected chi connectivity index (χ4v) is 5.11. The second kappa shape index (κ2) is 9.99. The van der Waals surface area contributed by atoms with E-state index in [0.29, 0.717) is 27.6 Å². The van der Waals surface area contributed by atoms with E-state index >= 15 is 0 Å². The third-order valence-corrected chi connectivity index (χ3v) is 7.06. The summed E-state index contributed by atoms with van der Waals surface area (Å²) in [6.07, 6.45) is 0. The lowest BCUT2D eigenvalue weighted by Crippen LogP contribution is -2.25. The highest BCUT2D eigenvalue weighted by Gasteiger charge is 2.23. The third-order valence-electron chi connectivity index (χ3n) is 6.16. The molecule has 0 saturated heterocycles. The highest BCUT2D eigenvalue weighted by molar-refractivity contribution is 7.16. The summed E-state index contributed by atoms with van der Waals surface area (Å²) >= 11 is 1.17. The molecule has 0 fully saturated rings. The van der Waals surface area contributed by atoms with Gasteiger partial charge >= 0.3 is 5.97 Å².